The minimum atomic E-state index is -0.227. The van der Waals surface area contributed by atoms with Crippen molar-refractivity contribution in [2.45, 2.75) is 6.92 Å². The first kappa shape index (κ1) is 24.1. The molecule has 4 rings (SSSR count). The molecule has 1 aliphatic heterocycles. The highest BCUT2D eigenvalue weighted by molar-refractivity contribution is 6.04. The molecule has 0 spiro atoms. The number of para-hydroxylation sites is 2. The molecule has 3 aromatic rings. The third-order valence-electron chi connectivity index (χ3n) is 5.82. The zero-order valence-corrected chi connectivity index (χ0v) is 19.7. The molecule has 3 aromatic carbocycles. The normalized spacial score (nSPS) is 13.8. The first-order chi connectivity index (χ1) is 17.0. The lowest BCUT2D eigenvalue weighted by Gasteiger charge is -2.35. The van der Waals surface area contributed by atoms with E-state index in [4.69, 9.17) is 4.74 Å². The van der Waals surface area contributed by atoms with Crippen molar-refractivity contribution in [1.82, 2.24) is 4.90 Å². The van der Waals surface area contributed by atoms with E-state index in [0.29, 0.717) is 23.5 Å². The maximum absolute atomic E-state index is 12.5. The molecule has 0 radical (unpaired) electrons. The van der Waals surface area contributed by atoms with E-state index in [2.05, 4.69) is 20.4 Å². The maximum atomic E-state index is 12.5. The van der Waals surface area contributed by atoms with Gasteiger partial charge < -0.3 is 25.4 Å². The molecule has 1 fully saturated rings. The number of nitrogens with one attached hydrogen (secondary N) is 2. The minimum absolute atomic E-state index is 0.104. The second-order valence-electron chi connectivity index (χ2n) is 8.29. The topological polar surface area (TPSA) is 94.1 Å². The van der Waals surface area contributed by atoms with E-state index >= 15 is 0 Å². The van der Waals surface area contributed by atoms with E-state index in [0.717, 1.165) is 37.6 Å². The first-order valence-electron chi connectivity index (χ1n) is 11.7. The number of nitrogens with zero attached hydrogens (tertiary/aromatic N) is 2. The molecule has 1 heterocycles. The lowest BCUT2D eigenvalue weighted by Crippen LogP contribution is -2.48. The summed E-state index contributed by atoms with van der Waals surface area (Å²) < 4.78 is 5.41. The fraction of sp³-hybridized carbons (Fsp3) is 0.259. The summed E-state index contributed by atoms with van der Waals surface area (Å²) in [6.07, 6.45) is 0. The van der Waals surface area contributed by atoms with Gasteiger partial charge in [-0.05, 0) is 67.6 Å². The molecule has 8 nitrogen and oxygen atoms in total. The Hall–Kier alpha value is -4.04. The van der Waals surface area contributed by atoms with E-state index < -0.39 is 0 Å². The van der Waals surface area contributed by atoms with E-state index in [9.17, 15) is 14.7 Å². The molecule has 0 saturated carbocycles. The highest BCUT2D eigenvalue weighted by Gasteiger charge is 2.20. The molecule has 0 bridgehead atoms. The fourth-order valence-electron chi connectivity index (χ4n) is 3.99. The number of carbonyl (C=O) groups excluding carboxylic acids is 2. The van der Waals surface area contributed by atoms with Gasteiger partial charge in [-0.25, -0.2) is 0 Å². The van der Waals surface area contributed by atoms with Gasteiger partial charge in [-0.2, -0.15) is 0 Å². The summed E-state index contributed by atoms with van der Waals surface area (Å²) in [7, 11) is 0. The fourth-order valence-corrected chi connectivity index (χ4v) is 3.99. The van der Waals surface area contributed by atoms with Crippen LogP contribution in [-0.2, 0) is 4.79 Å². The zero-order chi connectivity index (χ0) is 24.6. The molecule has 182 valence electrons. The monoisotopic (exact) mass is 474 g/mol. The van der Waals surface area contributed by atoms with Crippen LogP contribution in [0.25, 0.3) is 0 Å². The van der Waals surface area contributed by atoms with E-state index in [1.54, 1.807) is 48.5 Å². The van der Waals surface area contributed by atoms with Crippen LogP contribution in [0.1, 0.15) is 17.3 Å². The average Bonchev–Trinajstić information content (AvgIpc) is 2.87. The van der Waals surface area contributed by atoms with Crippen molar-refractivity contribution in [3.63, 3.8) is 0 Å². The Bertz CT molecular complexity index is 1140. The van der Waals surface area contributed by atoms with Crippen molar-refractivity contribution in [2.75, 3.05) is 54.9 Å². The van der Waals surface area contributed by atoms with E-state index in [1.807, 2.05) is 31.2 Å². The Labute approximate surface area is 205 Å². The van der Waals surface area contributed by atoms with Crippen molar-refractivity contribution in [3.05, 3.63) is 78.4 Å². The molecule has 2 amide bonds. The van der Waals surface area contributed by atoms with Crippen molar-refractivity contribution in [2.24, 2.45) is 0 Å². The number of phenolic OH excluding ortho intramolecular Hbond substituents is 1. The van der Waals surface area contributed by atoms with Crippen LogP contribution in [0.5, 0.6) is 11.5 Å². The van der Waals surface area contributed by atoms with E-state index in [-0.39, 0.29) is 24.1 Å². The number of hydrogen-bond acceptors (Lipinski definition) is 6. The van der Waals surface area contributed by atoms with Crippen LogP contribution in [0, 0.1) is 0 Å². The Morgan fingerprint density at radius 3 is 2.14 bits per heavy atom. The summed E-state index contributed by atoms with van der Waals surface area (Å²) in [6.45, 7) is 5.73. The van der Waals surface area contributed by atoms with Crippen molar-refractivity contribution < 1.29 is 19.4 Å². The summed E-state index contributed by atoms with van der Waals surface area (Å²) in [5.74, 6) is 0.695. The number of ether oxygens (including phenoxy) is 1. The number of anilines is 3. The highest BCUT2D eigenvalue weighted by atomic mass is 16.5. The van der Waals surface area contributed by atoms with Crippen LogP contribution in [0.15, 0.2) is 72.8 Å². The summed E-state index contributed by atoms with van der Waals surface area (Å²) in [5, 5.41) is 15.8. The predicted octanol–water partition coefficient (Wildman–Crippen LogP) is 3.80. The zero-order valence-electron chi connectivity index (χ0n) is 19.7. The molecular weight excluding hydrogens is 444 g/mol. The van der Waals surface area contributed by atoms with Crippen LogP contribution < -0.4 is 20.3 Å². The number of benzene rings is 3. The number of rotatable bonds is 8. The van der Waals surface area contributed by atoms with Gasteiger partial charge >= 0.3 is 0 Å². The Morgan fingerprint density at radius 1 is 0.857 bits per heavy atom. The minimum Gasteiger partial charge on any atom is -0.506 e. The number of amides is 2. The first-order valence-corrected chi connectivity index (χ1v) is 11.7. The summed E-state index contributed by atoms with van der Waals surface area (Å²) in [5.41, 5.74) is 2.64. The molecule has 0 atom stereocenters. The van der Waals surface area contributed by atoms with Gasteiger partial charge in [0.2, 0.25) is 5.91 Å². The Kier molecular flexibility index (Phi) is 7.84. The van der Waals surface area contributed by atoms with Gasteiger partial charge in [0.15, 0.2) is 0 Å². The molecule has 0 unspecified atom stereocenters. The molecule has 0 aromatic heterocycles. The second kappa shape index (κ2) is 11.4. The van der Waals surface area contributed by atoms with Crippen molar-refractivity contribution in [1.29, 1.82) is 0 Å². The van der Waals surface area contributed by atoms with Crippen LogP contribution >= 0.6 is 0 Å². The van der Waals surface area contributed by atoms with Crippen molar-refractivity contribution >= 4 is 28.9 Å². The molecule has 1 aliphatic rings. The van der Waals surface area contributed by atoms with Gasteiger partial charge in [0.1, 0.15) is 11.5 Å². The summed E-state index contributed by atoms with van der Waals surface area (Å²) in [6, 6.07) is 21.3. The Balaban J connectivity index is 1.23. The SMILES string of the molecule is CCOc1ccc(NC(=O)c2ccc(NC(=O)CN3CCN(c4ccccc4O)CC3)cc2)cc1. The van der Waals surface area contributed by atoms with Gasteiger partial charge in [-0.3, -0.25) is 14.5 Å². The number of phenols is 1. The van der Waals surface area contributed by atoms with Gasteiger partial charge in [0.05, 0.1) is 18.8 Å². The average molecular weight is 475 g/mol. The summed E-state index contributed by atoms with van der Waals surface area (Å²) >= 11 is 0. The number of carbonyl (C=O) groups is 2. The molecule has 0 aliphatic carbocycles. The van der Waals surface area contributed by atoms with Crippen molar-refractivity contribution in [3.8, 4) is 11.5 Å². The second-order valence-corrected chi connectivity index (χ2v) is 8.29. The smallest absolute Gasteiger partial charge is 0.255 e. The number of piperazine rings is 1. The highest BCUT2D eigenvalue weighted by Crippen LogP contribution is 2.27. The molecule has 1 saturated heterocycles. The standard InChI is InChI=1S/C27H30N4O4/c1-2-35-23-13-11-22(12-14-23)29-27(34)20-7-9-21(10-8-20)28-26(33)19-30-15-17-31(18-16-30)24-5-3-4-6-25(24)32/h3-14,32H,2,15-19H2,1H3,(H,28,33)(H,29,34). The van der Waals surface area contributed by atoms with Crippen LogP contribution in [0.2, 0.25) is 0 Å². The Morgan fingerprint density at radius 2 is 1.49 bits per heavy atom. The number of aromatic hydroxyl groups is 1. The molecular formula is C27H30N4O4. The quantitative estimate of drug-likeness (QED) is 0.460. The third-order valence-corrected chi connectivity index (χ3v) is 5.82. The van der Waals surface area contributed by atoms with Crippen LogP contribution in [0.4, 0.5) is 17.1 Å². The summed E-state index contributed by atoms with van der Waals surface area (Å²) in [4.78, 5) is 29.3. The lowest BCUT2D eigenvalue weighted by atomic mass is 10.2. The van der Waals surface area contributed by atoms with Crippen LogP contribution in [-0.4, -0.2) is 61.2 Å². The molecule has 3 N–H and O–H groups in total. The van der Waals surface area contributed by atoms with Gasteiger partial charge in [-0.1, -0.05) is 12.1 Å². The van der Waals surface area contributed by atoms with Crippen LogP contribution in [0.3, 0.4) is 0 Å². The van der Waals surface area contributed by atoms with Gasteiger partial charge in [0, 0.05) is 43.1 Å². The predicted molar refractivity (Wildman–Crippen MR) is 137 cm³/mol. The molecule has 35 heavy (non-hydrogen) atoms. The largest absolute Gasteiger partial charge is 0.506 e. The number of hydrogen-bond donors (Lipinski definition) is 3. The van der Waals surface area contributed by atoms with Gasteiger partial charge in [-0.15, -0.1) is 0 Å². The lowest BCUT2D eigenvalue weighted by molar-refractivity contribution is -0.117. The maximum Gasteiger partial charge on any atom is 0.255 e. The van der Waals surface area contributed by atoms with E-state index in [1.165, 1.54) is 0 Å². The molecule has 8 heteroatoms. The third kappa shape index (κ3) is 6.51. The van der Waals surface area contributed by atoms with Gasteiger partial charge in [0.25, 0.3) is 5.91 Å².